The SMILES string of the molecule is Cc1nn(C)cc1S(=O)(=O)NCC(O)CN1CCN(Cc2ccccc2)CC1. The smallest absolute Gasteiger partial charge is 0.244 e. The number of nitrogens with zero attached hydrogens (tertiary/aromatic N) is 4. The maximum atomic E-state index is 12.4. The monoisotopic (exact) mass is 407 g/mol. The molecule has 2 aromatic rings. The number of piperazine rings is 1. The summed E-state index contributed by atoms with van der Waals surface area (Å²) in [6.45, 7) is 6.61. The maximum absolute atomic E-state index is 12.4. The summed E-state index contributed by atoms with van der Waals surface area (Å²) in [5.41, 5.74) is 1.75. The normalized spacial score (nSPS) is 17.7. The summed E-state index contributed by atoms with van der Waals surface area (Å²) < 4.78 is 28.7. The van der Waals surface area contributed by atoms with E-state index >= 15 is 0 Å². The molecule has 1 atom stereocenters. The van der Waals surface area contributed by atoms with Gasteiger partial charge in [-0.25, -0.2) is 13.1 Å². The van der Waals surface area contributed by atoms with Crippen LogP contribution in [-0.4, -0.2) is 78.5 Å². The molecule has 2 heterocycles. The highest BCUT2D eigenvalue weighted by Gasteiger charge is 2.23. The Morgan fingerprint density at radius 3 is 2.39 bits per heavy atom. The average Bonchev–Trinajstić information content (AvgIpc) is 3.02. The zero-order valence-corrected chi connectivity index (χ0v) is 17.3. The predicted molar refractivity (Wildman–Crippen MR) is 107 cm³/mol. The Balaban J connectivity index is 1.42. The van der Waals surface area contributed by atoms with Crippen LogP contribution in [0, 0.1) is 6.92 Å². The molecule has 1 aromatic carbocycles. The molecule has 0 radical (unpaired) electrons. The number of aryl methyl sites for hydroxylation is 2. The molecule has 1 aromatic heterocycles. The van der Waals surface area contributed by atoms with Gasteiger partial charge in [-0.1, -0.05) is 30.3 Å². The first-order valence-electron chi connectivity index (χ1n) is 9.50. The molecular weight excluding hydrogens is 378 g/mol. The van der Waals surface area contributed by atoms with Crippen molar-refractivity contribution >= 4 is 10.0 Å². The van der Waals surface area contributed by atoms with Crippen molar-refractivity contribution in [1.82, 2.24) is 24.3 Å². The molecule has 1 unspecified atom stereocenters. The van der Waals surface area contributed by atoms with Crippen LogP contribution in [0.15, 0.2) is 41.4 Å². The van der Waals surface area contributed by atoms with Gasteiger partial charge in [-0.3, -0.25) is 14.5 Å². The van der Waals surface area contributed by atoms with Crippen molar-refractivity contribution in [2.45, 2.75) is 24.5 Å². The lowest BCUT2D eigenvalue weighted by molar-refractivity contribution is 0.0724. The van der Waals surface area contributed by atoms with E-state index in [9.17, 15) is 13.5 Å². The number of sulfonamides is 1. The molecular formula is C19H29N5O3S. The fourth-order valence-corrected chi connectivity index (χ4v) is 4.75. The lowest BCUT2D eigenvalue weighted by Crippen LogP contribution is -2.49. The highest BCUT2D eigenvalue weighted by molar-refractivity contribution is 7.89. The number of β-amino-alcohol motifs (C(OH)–C–C–N with tert-alkyl or cyclic N) is 1. The third-order valence-corrected chi connectivity index (χ3v) is 6.48. The molecule has 28 heavy (non-hydrogen) atoms. The number of aliphatic hydroxyl groups is 1. The van der Waals surface area contributed by atoms with Gasteiger partial charge in [-0.2, -0.15) is 5.10 Å². The maximum Gasteiger partial charge on any atom is 0.244 e. The predicted octanol–water partition coefficient (Wildman–Crippen LogP) is 0.186. The fourth-order valence-electron chi connectivity index (χ4n) is 3.46. The van der Waals surface area contributed by atoms with Crippen LogP contribution in [-0.2, 0) is 23.6 Å². The number of nitrogens with one attached hydrogen (secondary N) is 1. The van der Waals surface area contributed by atoms with E-state index < -0.39 is 16.1 Å². The summed E-state index contributed by atoms with van der Waals surface area (Å²) in [4.78, 5) is 4.72. The molecule has 1 saturated heterocycles. The fraction of sp³-hybridized carbons (Fsp3) is 0.526. The second kappa shape index (κ2) is 9.15. The molecule has 2 N–H and O–H groups in total. The molecule has 1 aliphatic heterocycles. The van der Waals surface area contributed by atoms with Crippen molar-refractivity contribution in [2.75, 3.05) is 39.3 Å². The van der Waals surface area contributed by atoms with Crippen LogP contribution < -0.4 is 4.72 Å². The Morgan fingerprint density at radius 2 is 1.79 bits per heavy atom. The van der Waals surface area contributed by atoms with E-state index in [4.69, 9.17) is 0 Å². The Bertz CT molecular complexity index is 861. The number of hydrogen-bond donors (Lipinski definition) is 2. The van der Waals surface area contributed by atoms with Gasteiger partial charge in [0.25, 0.3) is 0 Å². The third-order valence-electron chi connectivity index (χ3n) is 4.95. The Labute approximate surface area is 166 Å². The molecule has 0 saturated carbocycles. The quantitative estimate of drug-likeness (QED) is 0.649. The summed E-state index contributed by atoms with van der Waals surface area (Å²) in [6, 6.07) is 10.4. The molecule has 0 bridgehead atoms. The second-order valence-electron chi connectivity index (χ2n) is 7.32. The lowest BCUT2D eigenvalue weighted by atomic mass is 10.2. The summed E-state index contributed by atoms with van der Waals surface area (Å²) >= 11 is 0. The van der Waals surface area contributed by atoms with Crippen LogP contribution >= 0.6 is 0 Å². The lowest BCUT2D eigenvalue weighted by Gasteiger charge is -2.35. The molecule has 3 rings (SSSR count). The van der Waals surface area contributed by atoms with Gasteiger partial charge >= 0.3 is 0 Å². The number of aromatic nitrogens is 2. The summed E-state index contributed by atoms with van der Waals surface area (Å²) in [5.74, 6) is 0. The third kappa shape index (κ3) is 5.62. The molecule has 154 valence electrons. The Kier molecular flexibility index (Phi) is 6.84. The second-order valence-corrected chi connectivity index (χ2v) is 9.06. The van der Waals surface area contributed by atoms with E-state index in [0.717, 1.165) is 32.7 Å². The van der Waals surface area contributed by atoms with Crippen molar-refractivity contribution in [2.24, 2.45) is 7.05 Å². The molecule has 1 aliphatic rings. The van der Waals surface area contributed by atoms with E-state index in [1.54, 1.807) is 14.0 Å². The minimum absolute atomic E-state index is 0.0130. The first kappa shape index (κ1) is 20.9. The first-order chi connectivity index (χ1) is 13.3. The average molecular weight is 408 g/mol. The van der Waals surface area contributed by atoms with Gasteiger partial charge in [-0.15, -0.1) is 0 Å². The summed E-state index contributed by atoms with van der Waals surface area (Å²) in [6.07, 6.45) is 0.711. The summed E-state index contributed by atoms with van der Waals surface area (Å²) in [5, 5.41) is 14.3. The van der Waals surface area contributed by atoms with E-state index in [-0.39, 0.29) is 11.4 Å². The van der Waals surface area contributed by atoms with Gasteiger partial charge in [-0.05, 0) is 12.5 Å². The summed E-state index contributed by atoms with van der Waals surface area (Å²) in [7, 11) is -1.99. The topological polar surface area (TPSA) is 90.7 Å². The van der Waals surface area contributed by atoms with Gasteiger partial charge in [0.1, 0.15) is 4.90 Å². The molecule has 0 amide bonds. The van der Waals surface area contributed by atoms with Gasteiger partial charge in [0.05, 0.1) is 11.8 Å². The van der Waals surface area contributed by atoms with E-state index in [0.29, 0.717) is 12.2 Å². The van der Waals surface area contributed by atoms with Crippen molar-refractivity contribution in [1.29, 1.82) is 0 Å². The van der Waals surface area contributed by atoms with Crippen LogP contribution in [0.2, 0.25) is 0 Å². The molecule has 8 nitrogen and oxygen atoms in total. The minimum atomic E-state index is -3.67. The zero-order valence-electron chi connectivity index (χ0n) is 16.5. The van der Waals surface area contributed by atoms with Gasteiger partial charge in [0.15, 0.2) is 0 Å². The molecule has 1 fully saturated rings. The Morgan fingerprint density at radius 1 is 1.14 bits per heavy atom. The van der Waals surface area contributed by atoms with E-state index in [1.807, 2.05) is 6.07 Å². The minimum Gasteiger partial charge on any atom is -0.390 e. The molecule has 0 aliphatic carbocycles. The van der Waals surface area contributed by atoms with E-state index in [2.05, 4.69) is 43.9 Å². The van der Waals surface area contributed by atoms with Gasteiger partial charge in [0.2, 0.25) is 10.0 Å². The highest BCUT2D eigenvalue weighted by Crippen LogP contribution is 2.12. The molecule has 0 spiro atoms. The molecule has 9 heteroatoms. The van der Waals surface area contributed by atoms with Gasteiger partial charge < -0.3 is 5.11 Å². The van der Waals surface area contributed by atoms with Crippen molar-refractivity contribution in [3.05, 3.63) is 47.8 Å². The van der Waals surface area contributed by atoms with Crippen LogP contribution in [0.4, 0.5) is 0 Å². The number of aliphatic hydroxyl groups excluding tert-OH is 1. The number of rotatable bonds is 8. The van der Waals surface area contributed by atoms with E-state index in [1.165, 1.54) is 16.4 Å². The first-order valence-corrected chi connectivity index (χ1v) is 11.0. The Hall–Kier alpha value is -1.78. The highest BCUT2D eigenvalue weighted by atomic mass is 32.2. The van der Waals surface area contributed by atoms with Gasteiger partial charge in [0, 0.05) is 59.1 Å². The standard InChI is InChI=1S/C19H29N5O3S/c1-16-19(15-22(2)21-16)28(26,27)20-12-18(25)14-24-10-8-23(9-11-24)13-17-6-4-3-5-7-17/h3-7,15,18,20,25H,8-14H2,1-2H3. The van der Waals surface area contributed by atoms with Crippen molar-refractivity contribution in [3.63, 3.8) is 0 Å². The van der Waals surface area contributed by atoms with Crippen LogP contribution in [0.3, 0.4) is 0 Å². The van der Waals surface area contributed by atoms with Crippen LogP contribution in [0.25, 0.3) is 0 Å². The van der Waals surface area contributed by atoms with Crippen molar-refractivity contribution < 1.29 is 13.5 Å². The van der Waals surface area contributed by atoms with Crippen LogP contribution in [0.5, 0.6) is 0 Å². The zero-order chi connectivity index (χ0) is 20.1. The van der Waals surface area contributed by atoms with Crippen molar-refractivity contribution in [3.8, 4) is 0 Å². The largest absolute Gasteiger partial charge is 0.390 e. The number of benzene rings is 1. The number of hydrogen-bond acceptors (Lipinski definition) is 6. The van der Waals surface area contributed by atoms with Crippen LogP contribution in [0.1, 0.15) is 11.3 Å².